The van der Waals surface area contributed by atoms with Gasteiger partial charge in [-0.25, -0.2) is 0 Å². The van der Waals surface area contributed by atoms with Crippen molar-refractivity contribution in [3.8, 4) is 0 Å². The fourth-order valence-corrected chi connectivity index (χ4v) is 2.45. The third-order valence-corrected chi connectivity index (χ3v) is 3.32. The number of carbonyl (C=O) groups excluding carboxylic acids is 2. The molecule has 0 spiro atoms. The summed E-state index contributed by atoms with van der Waals surface area (Å²) in [7, 11) is 0. The molecule has 2 rings (SSSR count). The van der Waals surface area contributed by atoms with Gasteiger partial charge in [-0.3, -0.25) is 9.59 Å². The Morgan fingerprint density at radius 2 is 2.19 bits per heavy atom. The van der Waals surface area contributed by atoms with Gasteiger partial charge in [-0.1, -0.05) is 0 Å². The highest BCUT2D eigenvalue weighted by Gasteiger charge is 2.36. The standard InChI is InChI=1S/C10H14F2N2O2/c11-9(12)10(16)14-4-3-7-6(5-14)1-2-8(15)13-7/h6-7,9H,1-5H2,(H,13,15). The van der Waals surface area contributed by atoms with Crippen molar-refractivity contribution in [1.82, 2.24) is 10.2 Å². The number of carbonyl (C=O) groups is 2. The highest BCUT2D eigenvalue weighted by Crippen LogP contribution is 2.25. The number of halogens is 2. The molecule has 0 saturated carbocycles. The molecular weight excluding hydrogens is 218 g/mol. The number of rotatable bonds is 1. The Kier molecular flexibility index (Phi) is 3.07. The van der Waals surface area contributed by atoms with E-state index >= 15 is 0 Å². The van der Waals surface area contributed by atoms with Crippen molar-refractivity contribution in [3.05, 3.63) is 0 Å². The van der Waals surface area contributed by atoms with Crippen LogP contribution in [0.15, 0.2) is 0 Å². The van der Waals surface area contributed by atoms with Crippen LogP contribution in [0.4, 0.5) is 8.78 Å². The molecule has 0 aromatic carbocycles. The minimum absolute atomic E-state index is 0.0230. The van der Waals surface area contributed by atoms with Crippen molar-refractivity contribution < 1.29 is 18.4 Å². The first-order valence-corrected chi connectivity index (χ1v) is 5.44. The monoisotopic (exact) mass is 232 g/mol. The maximum absolute atomic E-state index is 12.2. The number of likely N-dealkylation sites (tertiary alicyclic amines) is 1. The van der Waals surface area contributed by atoms with Crippen molar-refractivity contribution in [2.75, 3.05) is 13.1 Å². The summed E-state index contributed by atoms with van der Waals surface area (Å²) in [6.45, 7) is 0.652. The number of hydrogen-bond donors (Lipinski definition) is 1. The highest BCUT2D eigenvalue weighted by atomic mass is 19.3. The quantitative estimate of drug-likeness (QED) is 0.710. The van der Waals surface area contributed by atoms with E-state index in [0.717, 1.165) is 0 Å². The lowest BCUT2D eigenvalue weighted by atomic mass is 9.85. The van der Waals surface area contributed by atoms with Gasteiger partial charge in [0.2, 0.25) is 5.91 Å². The molecule has 6 heteroatoms. The van der Waals surface area contributed by atoms with Gasteiger partial charge in [-0.2, -0.15) is 8.78 Å². The van der Waals surface area contributed by atoms with Gasteiger partial charge in [0.15, 0.2) is 0 Å². The van der Waals surface area contributed by atoms with Gasteiger partial charge in [0.1, 0.15) is 0 Å². The first-order valence-electron chi connectivity index (χ1n) is 5.44. The molecule has 2 aliphatic heterocycles. The molecule has 2 fully saturated rings. The third kappa shape index (κ3) is 2.15. The highest BCUT2D eigenvalue weighted by molar-refractivity contribution is 5.80. The number of fused-ring (bicyclic) bond motifs is 1. The minimum atomic E-state index is -2.92. The lowest BCUT2D eigenvalue weighted by molar-refractivity contribution is -0.145. The van der Waals surface area contributed by atoms with E-state index in [1.165, 1.54) is 4.90 Å². The Balaban J connectivity index is 1.95. The first-order chi connectivity index (χ1) is 7.58. The van der Waals surface area contributed by atoms with E-state index in [4.69, 9.17) is 0 Å². The Labute approximate surface area is 92.0 Å². The lowest BCUT2D eigenvalue weighted by Crippen LogP contribution is -2.55. The average Bonchev–Trinajstić information content (AvgIpc) is 2.27. The summed E-state index contributed by atoms with van der Waals surface area (Å²) in [5.74, 6) is -0.931. The second-order valence-corrected chi connectivity index (χ2v) is 4.35. The van der Waals surface area contributed by atoms with Crippen LogP contribution in [0, 0.1) is 5.92 Å². The molecule has 0 radical (unpaired) electrons. The van der Waals surface area contributed by atoms with Crippen LogP contribution in [0.3, 0.4) is 0 Å². The molecule has 90 valence electrons. The fourth-order valence-electron chi connectivity index (χ4n) is 2.45. The summed E-state index contributed by atoms with van der Waals surface area (Å²) in [6, 6.07) is 0.0583. The number of hydrogen-bond acceptors (Lipinski definition) is 2. The van der Waals surface area contributed by atoms with Gasteiger partial charge in [0, 0.05) is 25.6 Å². The third-order valence-electron chi connectivity index (χ3n) is 3.32. The largest absolute Gasteiger partial charge is 0.353 e. The van der Waals surface area contributed by atoms with E-state index in [2.05, 4.69) is 5.32 Å². The van der Waals surface area contributed by atoms with Crippen LogP contribution in [-0.4, -0.2) is 42.3 Å². The fraction of sp³-hybridized carbons (Fsp3) is 0.800. The van der Waals surface area contributed by atoms with E-state index < -0.39 is 12.3 Å². The normalized spacial score (nSPS) is 29.9. The smallest absolute Gasteiger partial charge is 0.315 e. The SMILES string of the molecule is O=C1CCC2CN(C(=O)C(F)F)CCC2N1. The van der Waals surface area contributed by atoms with Crippen molar-refractivity contribution >= 4 is 11.8 Å². The number of nitrogens with zero attached hydrogens (tertiary/aromatic N) is 1. The maximum Gasteiger partial charge on any atom is 0.315 e. The molecule has 0 aromatic heterocycles. The van der Waals surface area contributed by atoms with E-state index in [0.29, 0.717) is 32.4 Å². The average molecular weight is 232 g/mol. The predicted molar refractivity (Wildman–Crippen MR) is 51.9 cm³/mol. The number of nitrogens with one attached hydrogen (secondary N) is 1. The predicted octanol–water partition coefficient (Wildman–Crippen LogP) is 0.379. The van der Waals surface area contributed by atoms with Crippen molar-refractivity contribution in [2.24, 2.45) is 5.92 Å². The second kappa shape index (κ2) is 4.35. The van der Waals surface area contributed by atoms with Crippen LogP contribution in [0.5, 0.6) is 0 Å². The van der Waals surface area contributed by atoms with Crippen molar-refractivity contribution in [3.63, 3.8) is 0 Å². The van der Waals surface area contributed by atoms with Gasteiger partial charge < -0.3 is 10.2 Å². The zero-order valence-electron chi connectivity index (χ0n) is 8.79. The molecule has 2 amide bonds. The molecule has 2 heterocycles. The number of amides is 2. The molecule has 2 aliphatic rings. The van der Waals surface area contributed by atoms with Gasteiger partial charge in [-0.15, -0.1) is 0 Å². The summed E-state index contributed by atoms with van der Waals surface area (Å²) in [5.41, 5.74) is 0. The molecule has 2 atom stereocenters. The Hall–Kier alpha value is -1.20. The number of piperidine rings is 2. The summed E-state index contributed by atoms with van der Waals surface area (Å²) in [4.78, 5) is 23.5. The van der Waals surface area contributed by atoms with Gasteiger partial charge >= 0.3 is 6.43 Å². The van der Waals surface area contributed by atoms with Crippen molar-refractivity contribution in [1.29, 1.82) is 0 Å². The van der Waals surface area contributed by atoms with Crippen LogP contribution in [0.1, 0.15) is 19.3 Å². The molecule has 0 aromatic rings. The summed E-state index contributed by atoms with van der Waals surface area (Å²) in [6.07, 6.45) is -1.23. The van der Waals surface area contributed by atoms with Crippen LogP contribution >= 0.6 is 0 Å². The maximum atomic E-state index is 12.2. The molecule has 1 N–H and O–H groups in total. The Morgan fingerprint density at radius 3 is 2.88 bits per heavy atom. The molecule has 0 aliphatic carbocycles. The zero-order chi connectivity index (χ0) is 11.7. The van der Waals surface area contributed by atoms with E-state index in [1.54, 1.807) is 0 Å². The van der Waals surface area contributed by atoms with E-state index in [-0.39, 0.29) is 17.9 Å². The van der Waals surface area contributed by atoms with Gasteiger partial charge in [-0.05, 0) is 18.8 Å². The second-order valence-electron chi connectivity index (χ2n) is 4.35. The molecule has 2 unspecified atom stereocenters. The van der Waals surface area contributed by atoms with Crippen LogP contribution < -0.4 is 5.32 Å². The van der Waals surface area contributed by atoms with Crippen LogP contribution in [0.25, 0.3) is 0 Å². The van der Waals surface area contributed by atoms with Crippen molar-refractivity contribution in [2.45, 2.75) is 31.7 Å². The number of alkyl halides is 2. The minimum Gasteiger partial charge on any atom is -0.353 e. The molecule has 4 nitrogen and oxygen atoms in total. The first kappa shape index (κ1) is 11.3. The molecule has 2 saturated heterocycles. The lowest BCUT2D eigenvalue weighted by Gasteiger charge is -2.41. The summed E-state index contributed by atoms with van der Waals surface area (Å²) in [5, 5.41) is 2.84. The molecular formula is C10H14F2N2O2. The Bertz CT molecular complexity index is 309. The summed E-state index contributed by atoms with van der Waals surface area (Å²) >= 11 is 0. The van der Waals surface area contributed by atoms with E-state index in [1.807, 2.05) is 0 Å². The molecule has 16 heavy (non-hydrogen) atoms. The van der Waals surface area contributed by atoms with E-state index in [9.17, 15) is 18.4 Å². The van der Waals surface area contributed by atoms with Gasteiger partial charge in [0.25, 0.3) is 5.91 Å². The van der Waals surface area contributed by atoms with Crippen LogP contribution in [-0.2, 0) is 9.59 Å². The Morgan fingerprint density at radius 1 is 1.44 bits per heavy atom. The summed E-state index contributed by atoms with van der Waals surface area (Å²) < 4.78 is 24.5. The zero-order valence-corrected chi connectivity index (χ0v) is 8.79. The molecule has 0 bridgehead atoms. The van der Waals surface area contributed by atoms with Gasteiger partial charge in [0.05, 0.1) is 0 Å². The van der Waals surface area contributed by atoms with Crippen LogP contribution in [0.2, 0.25) is 0 Å². The topological polar surface area (TPSA) is 49.4 Å².